The van der Waals surface area contributed by atoms with E-state index in [9.17, 15) is 9.59 Å². The summed E-state index contributed by atoms with van der Waals surface area (Å²) in [4.78, 5) is 27.0. The number of amides is 2. The number of anilines is 2. The smallest absolute Gasteiger partial charge is 0.258 e. The first kappa shape index (κ1) is 17.7. The molecule has 0 bridgehead atoms. The fourth-order valence-electron chi connectivity index (χ4n) is 3.80. The first-order valence-electron chi connectivity index (χ1n) is 9.96. The molecule has 2 aliphatic rings. The second kappa shape index (κ2) is 6.88. The SMILES string of the molecule is CC(C(=O)Nc1cc(C2CC2)[nH]n1)c1ccc(N2Cc3ccccc3C2=O)cc1. The van der Waals surface area contributed by atoms with Gasteiger partial charge in [0.05, 0.1) is 12.5 Å². The van der Waals surface area contributed by atoms with E-state index in [1.54, 1.807) is 4.90 Å². The second-order valence-corrected chi connectivity index (χ2v) is 7.83. The van der Waals surface area contributed by atoms with Crippen LogP contribution in [0.25, 0.3) is 0 Å². The minimum atomic E-state index is -0.323. The van der Waals surface area contributed by atoms with Gasteiger partial charge in [0.25, 0.3) is 5.91 Å². The van der Waals surface area contributed by atoms with Crippen LogP contribution in [-0.4, -0.2) is 22.0 Å². The molecule has 146 valence electrons. The van der Waals surface area contributed by atoms with Crippen molar-refractivity contribution >= 4 is 23.3 Å². The third kappa shape index (κ3) is 3.31. The Morgan fingerprint density at radius 3 is 2.66 bits per heavy atom. The van der Waals surface area contributed by atoms with Crippen molar-refractivity contribution in [2.45, 2.75) is 38.1 Å². The number of carbonyl (C=O) groups is 2. The first-order chi connectivity index (χ1) is 14.1. The van der Waals surface area contributed by atoms with Crippen LogP contribution in [0.4, 0.5) is 11.5 Å². The van der Waals surface area contributed by atoms with E-state index in [0.717, 1.165) is 28.1 Å². The number of carbonyl (C=O) groups excluding carboxylic acids is 2. The summed E-state index contributed by atoms with van der Waals surface area (Å²) < 4.78 is 0. The summed E-state index contributed by atoms with van der Waals surface area (Å²) in [6, 6.07) is 17.2. The van der Waals surface area contributed by atoms with Gasteiger partial charge in [0.1, 0.15) is 0 Å². The Labute approximate surface area is 168 Å². The van der Waals surface area contributed by atoms with Gasteiger partial charge in [0.15, 0.2) is 5.82 Å². The van der Waals surface area contributed by atoms with Crippen LogP contribution in [0.2, 0.25) is 0 Å². The fraction of sp³-hybridized carbons (Fsp3) is 0.261. The molecule has 6 heteroatoms. The zero-order valence-electron chi connectivity index (χ0n) is 16.2. The van der Waals surface area contributed by atoms with Crippen molar-refractivity contribution in [2.75, 3.05) is 10.2 Å². The maximum atomic E-state index is 12.6. The van der Waals surface area contributed by atoms with Crippen molar-refractivity contribution in [3.8, 4) is 0 Å². The highest BCUT2D eigenvalue weighted by atomic mass is 16.2. The quantitative estimate of drug-likeness (QED) is 0.690. The van der Waals surface area contributed by atoms with Crippen LogP contribution < -0.4 is 10.2 Å². The Kier molecular flexibility index (Phi) is 4.19. The molecule has 1 aliphatic carbocycles. The number of fused-ring (bicyclic) bond motifs is 1. The minimum Gasteiger partial charge on any atom is -0.309 e. The van der Waals surface area contributed by atoms with Crippen LogP contribution in [0.3, 0.4) is 0 Å². The summed E-state index contributed by atoms with van der Waals surface area (Å²) in [5.74, 6) is 0.732. The molecule has 2 heterocycles. The number of hydrogen-bond acceptors (Lipinski definition) is 3. The highest BCUT2D eigenvalue weighted by Gasteiger charge is 2.28. The van der Waals surface area contributed by atoms with Crippen LogP contribution in [0.1, 0.15) is 58.8 Å². The first-order valence-corrected chi connectivity index (χ1v) is 9.96. The Morgan fingerprint density at radius 1 is 1.17 bits per heavy atom. The molecule has 2 aromatic carbocycles. The number of benzene rings is 2. The third-order valence-electron chi connectivity index (χ3n) is 5.79. The van der Waals surface area contributed by atoms with Gasteiger partial charge in [-0.2, -0.15) is 5.10 Å². The largest absolute Gasteiger partial charge is 0.309 e. The molecule has 0 radical (unpaired) electrons. The van der Waals surface area contributed by atoms with E-state index in [4.69, 9.17) is 0 Å². The van der Waals surface area contributed by atoms with E-state index in [2.05, 4.69) is 15.5 Å². The van der Waals surface area contributed by atoms with Gasteiger partial charge in [0, 0.05) is 28.9 Å². The van der Waals surface area contributed by atoms with Crippen LogP contribution in [-0.2, 0) is 11.3 Å². The second-order valence-electron chi connectivity index (χ2n) is 7.83. The molecule has 5 rings (SSSR count). The lowest BCUT2D eigenvalue weighted by atomic mass is 10.00. The van der Waals surface area contributed by atoms with Crippen molar-refractivity contribution in [1.82, 2.24) is 10.2 Å². The molecule has 29 heavy (non-hydrogen) atoms. The zero-order chi connectivity index (χ0) is 20.0. The van der Waals surface area contributed by atoms with Crippen molar-refractivity contribution < 1.29 is 9.59 Å². The number of aromatic nitrogens is 2. The van der Waals surface area contributed by atoms with E-state index in [1.165, 1.54) is 12.8 Å². The summed E-state index contributed by atoms with van der Waals surface area (Å²) in [7, 11) is 0. The number of hydrogen-bond donors (Lipinski definition) is 2. The topological polar surface area (TPSA) is 78.1 Å². The summed E-state index contributed by atoms with van der Waals surface area (Å²) >= 11 is 0. The summed E-state index contributed by atoms with van der Waals surface area (Å²) in [5, 5.41) is 10.1. The van der Waals surface area contributed by atoms with Gasteiger partial charge in [-0.3, -0.25) is 14.7 Å². The van der Waals surface area contributed by atoms with Crippen molar-refractivity contribution in [1.29, 1.82) is 0 Å². The van der Waals surface area contributed by atoms with Crippen LogP contribution >= 0.6 is 0 Å². The molecule has 1 saturated carbocycles. The molecular weight excluding hydrogens is 364 g/mol. The number of rotatable bonds is 5. The van der Waals surface area contributed by atoms with Crippen LogP contribution in [0.15, 0.2) is 54.6 Å². The standard InChI is InChI=1S/C23H22N4O2/c1-14(22(28)24-21-12-20(25-26-21)16-6-7-16)15-8-10-18(11-9-15)27-13-17-4-2-3-5-19(17)23(27)29/h2-5,8-12,14,16H,6-7,13H2,1H3,(H2,24,25,26,28). The average Bonchev–Trinajstić information content (AvgIpc) is 3.41. The minimum absolute atomic E-state index is 0.0177. The highest BCUT2D eigenvalue weighted by Crippen LogP contribution is 2.39. The van der Waals surface area contributed by atoms with Crippen LogP contribution in [0, 0.1) is 0 Å². The number of H-pyrrole nitrogens is 1. The third-order valence-corrected chi connectivity index (χ3v) is 5.79. The van der Waals surface area contributed by atoms with E-state index >= 15 is 0 Å². The molecule has 2 amide bonds. The van der Waals surface area contributed by atoms with E-state index in [1.807, 2.05) is 61.5 Å². The molecular formula is C23H22N4O2. The number of nitrogens with zero attached hydrogens (tertiary/aromatic N) is 2. The van der Waals surface area contributed by atoms with E-state index in [-0.39, 0.29) is 17.7 Å². The summed E-state index contributed by atoms with van der Waals surface area (Å²) in [5.41, 5.74) is 4.62. The molecule has 1 aromatic heterocycles. The lowest BCUT2D eigenvalue weighted by Crippen LogP contribution is -2.23. The molecule has 1 atom stereocenters. The van der Waals surface area contributed by atoms with Gasteiger partial charge in [-0.05, 0) is 49.1 Å². The maximum absolute atomic E-state index is 12.6. The van der Waals surface area contributed by atoms with Crippen molar-refractivity contribution in [2.24, 2.45) is 0 Å². The molecule has 6 nitrogen and oxygen atoms in total. The van der Waals surface area contributed by atoms with Gasteiger partial charge in [-0.15, -0.1) is 0 Å². The summed E-state index contributed by atoms with van der Waals surface area (Å²) in [6.07, 6.45) is 2.37. The molecule has 0 spiro atoms. The molecule has 1 unspecified atom stereocenters. The predicted molar refractivity (Wildman–Crippen MR) is 111 cm³/mol. The molecule has 1 aliphatic heterocycles. The van der Waals surface area contributed by atoms with Gasteiger partial charge in [-0.1, -0.05) is 30.3 Å². The van der Waals surface area contributed by atoms with Crippen molar-refractivity contribution in [3.05, 3.63) is 77.0 Å². The monoisotopic (exact) mass is 386 g/mol. The lowest BCUT2D eigenvalue weighted by molar-refractivity contribution is -0.117. The highest BCUT2D eigenvalue weighted by molar-refractivity contribution is 6.10. The van der Waals surface area contributed by atoms with Gasteiger partial charge in [-0.25, -0.2) is 0 Å². The normalized spacial score (nSPS) is 16.6. The zero-order valence-corrected chi connectivity index (χ0v) is 16.2. The Morgan fingerprint density at radius 2 is 1.93 bits per heavy atom. The average molecular weight is 386 g/mol. The van der Waals surface area contributed by atoms with Gasteiger partial charge < -0.3 is 10.2 Å². The van der Waals surface area contributed by atoms with E-state index < -0.39 is 0 Å². The molecule has 0 saturated heterocycles. The number of aromatic amines is 1. The van der Waals surface area contributed by atoms with Gasteiger partial charge >= 0.3 is 0 Å². The molecule has 2 N–H and O–H groups in total. The predicted octanol–water partition coefficient (Wildman–Crippen LogP) is 4.19. The Hall–Kier alpha value is -3.41. The van der Waals surface area contributed by atoms with Crippen LogP contribution in [0.5, 0.6) is 0 Å². The molecule has 3 aromatic rings. The maximum Gasteiger partial charge on any atom is 0.258 e. The van der Waals surface area contributed by atoms with Crippen molar-refractivity contribution in [3.63, 3.8) is 0 Å². The fourth-order valence-corrected chi connectivity index (χ4v) is 3.80. The van der Waals surface area contributed by atoms with Gasteiger partial charge in [0.2, 0.25) is 5.91 Å². The van der Waals surface area contributed by atoms with E-state index in [0.29, 0.717) is 18.3 Å². The molecule has 1 fully saturated rings. The Balaban J connectivity index is 1.27. The lowest BCUT2D eigenvalue weighted by Gasteiger charge is -2.17. The summed E-state index contributed by atoms with van der Waals surface area (Å²) in [6.45, 7) is 2.45. The Bertz CT molecular complexity index is 1080. The number of nitrogens with one attached hydrogen (secondary N) is 2.